The van der Waals surface area contributed by atoms with Gasteiger partial charge in [0.2, 0.25) is 0 Å². The molecule has 16 heavy (non-hydrogen) atoms. The molecular weight excluding hydrogens is 329 g/mol. The molecule has 0 aromatic heterocycles. The first-order chi connectivity index (χ1) is 7.31. The molecule has 3 nitrogen and oxygen atoms in total. The summed E-state index contributed by atoms with van der Waals surface area (Å²) in [6.07, 6.45) is 0.855. The Morgan fingerprint density at radius 1 is 1.50 bits per heavy atom. The van der Waals surface area contributed by atoms with Gasteiger partial charge >= 0.3 is 0 Å². The van der Waals surface area contributed by atoms with E-state index in [1.807, 2.05) is 18.2 Å². The van der Waals surface area contributed by atoms with Crippen LogP contribution in [-0.4, -0.2) is 11.9 Å². The van der Waals surface area contributed by atoms with Crippen LogP contribution in [0.5, 0.6) is 5.75 Å². The third kappa shape index (κ3) is 3.23. The smallest absolute Gasteiger partial charge is 0.127 e. The van der Waals surface area contributed by atoms with Crippen LogP contribution in [0.25, 0.3) is 0 Å². The normalized spacial score (nSPS) is 15.9. The van der Waals surface area contributed by atoms with Gasteiger partial charge in [-0.1, -0.05) is 15.9 Å². The summed E-state index contributed by atoms with van der Waals surface area (Å²) in [6.45, 7) is 0.677. The summed E-state index contributed by atoms with van der Waals surface area (Å²) in [5, 5.41) is 1.20. The van der Waals surface area contributed by atoms with Crippen LogP contribution in [0.15, 0.2) is 27.3 Å². The van der Waals surface area contributed by atoms with Crippen LogP contribution < -0.4 is 4.74 Å². The van der Waals surface area contributed by atoms with E-state index >= 15 is 0 Å². The molecule has 0 spiro atoms. The third-order valence-corrected chi connectivity index (χ3v) is 4.47. The summed E-state index contributed by atoms with van der Waals surface area (Å²) in [7, 11) is 0.900. The topological polar surface area (TPSA) is 38.7 Å². The van der Waals surface area contributed by atoms with Crippen LogP contribution in [0.4, 0.5) is 0 Å². The van der Waals surface area contributed by atoms with Crippen molar-refractivity contribution >= 4 is 53.7 Å². The molecule has 0 aliphatic carbocycles. The van der Waals surface area contributed by atoms with Crippen molar-refractivity contribution in [3.05, 3.63) is 33.1 Å². The zero-order valence-corrected chi connectivity index (χ0v) is 12.4. The number of fused-ring (bicyclic) bond motifs is 1. The molecule has 0 fully saturated rings. The molecule has 0 bridgehead atoms. The molecule has 0 saturated heterocycles. The summed E-state index contributed by atoms with van der Waals surface area (Å²) in [5.74, 6) is 0.887. The average Bonchev–Trinajstić information content (AvgIpc) is 2.26. The van der Waals surface area contributed by atoms with Gasteiger partial charge in [-0.25, -0.2) is 0 Å². The fourth-order valence-corrected chi connectivity index (χ4v) is 3.32. The molecule has 1 aliphatic heterocycles. The van der Waals surface area contributed by atoms with Gasteiger partial charge in [0.1, 0.15) is 5.75 Å². The van der Waals surface area contributed by atoms with Gasteiger partial charge in [0.15, 0.2) is 0 Å². The number of halogens is 1. The Bertz CT molecular complexity index is 428. The van der Waals surface area contributed by atoms with Crippen molar-refractivity contribution in [2.45, 2.75) is 6.42 Å². The summed E-state index contributed by atoms with van der Waals surface area (Å²) >= 11 is 4.44. The van der Waals surface area contributed by atoms with E-state index in [0.29, 0.717) is 6.61 Å². The predicted molar refractivity (Wildman–Crippen MR) is 79.0 cm³/mol. The maximum absolute atomic E-state index is 10.1. The first kappa shape index (κ1) is 14.0. The van der Waals surface area contributed by atoms with Gasteiger partial charge in [-0.3, -0.25) is 0 Å². The Balaban J connectivity index is 0.00000128. The van der Waals surface area contributed by atoms with E-state index in [0.717, 1.165) is 41.2 Å². The van der Waals surface area contributed by atoms with Gasteiger partial charge in [0.25, 0.3) is 0 Å². The Morgan fingerprint density at radius 3 is 3.06 bits per heavy atom. The summed E-state index contributed by atoms with van der Waals surface area (Å²) in [5.41, 5.74) is 1.08. The largest absolute Gasteiger partial charge is 0.493 e. The van der Waals surface area contributed by atoms with Crippen molar-refractivity contribution < 1.29 is 4.74 Å². The molecule has 0 N–H and O–H groups in total. The van der Waals surface area contributed by atoms with E-state index in [-0.39, 0.29) is 13.5 Å². The highest BCUT2D eigenvalue weighted by atomic mass is 79.9. The number of benzene rings is 1. The number of nitrogens with zero attached hydrogens (tertiary/aromatic N) is 1. The lowest BCUT2D eigenvalue weighted by Gasteiger charge is -2.19. The first-order valence-corrected chi connectivity index (χ1v) is 7.36. The van der Waals surface area contributed by atoms with Crippen LogP contribution in [-0.2, 0) is 0 Å². The van der Waals surface area contributed by atoms with Crippen molar-refractivity contribution in [2.75, 3.05) is 6.61 Å². The Morgan fingerprint density at radius 2 is 2.31 bits per heavy atom. The van der Waals surface area contributed by atoms with Crippen molar-refractivity contribution in [1.29, 1.82) is 0 Å². The Labute approximate surface area is 115 Å². The Hall–Kier alpha value is -0.0300. The second-order valence-corrected chi connectivity index (χ2v) is 5.92. The average molecular weight is 338 g/mol. The maximum Gasteiger partial charge on any atom is 0.127 e. The standard InChI is InChI=1S/C9H7BrNO2PS.H2S/c10-6-1-2-8-7(5-6)9(3-4-13-8)14-15-11-12;/h1-2,5H,3-4H2;1H2. The number of ether oxygens (including phenoxy) is 1. The van der Waals surface area contributed by atoms with Crippen molar-refractivity contribution in [1.82, 2.24) is 0 Å². The first-order valence-electron chi connectivity index (χ1n) is 4.29. The highest BCUT2D eigenvalue weighted by Gasteiger charge is 2.15. The fourth-order valence-electron chi connectivity index (χ4n) is 1.41. The molecule has 7 heteroatoms. The number of nitroso groups, excluding NO2 is 1. The molecule has 1 aliphatic rings. The SMILES string of the molecule is O=NSP=C1CCOc2ccc(Br)cc21.S. The quantitative estimate of drug-likeness (QED) is 0.462. The lowest BCUT2D eigenvalue weighted by atomic mass is 10.1. The van der Waals surface area contributed by atoms with Crippen LogP contribution in [0.2, 0.25) is 0 Å². The lowest BCUT2D eigenvalue weighted by molar-refractivity contribution is 0.321. The Kier molecular flexibility index (Phi) is 5.83. The maximum atomic E-state index is 10.1. The van der Waals surface area contributed by atoms with E-state index in [4.69, 9.17) is 4.74 Å². The molecule has 0 unspecified atom stereocenters. The summed E-state index contributed by atoms with van der Waals surface area (Å²) in [6, 6.07) is 5.90. The van der Waals surface area contributed by atoms with Gasteiger partial charge in [0.05, 0.1) is 18.2 Å². The van der Waals surface area contributed by atoms with Crippen molar-refractivity contribution in [3.63, 3.8) is 0 Å². The van der Waals surface area contributed by atoms with Gasteiger partial charge in [-0.05, 0) is 25.6 Å². The monoisotopic (exact) mass is 337 g/mol. The second-order valence-electron chi connectivity index (χ2n) is 2.93. The van der Waals surface area contributed by atoms with Crippen molar-refractivity contribution in [3.8, 4) is 5.75 Å². The molecule has 86 valence electrons. The van der Waals surface area contributed by atoms with Crippen molar-refractivity contribution in [2.24, 2.45) is 4.58 Å². The van der Waals surface area contributed by atoms with Crippen LogP contribution >= 0.6 is 48.4 Å². The number of rotatable bonds is 2. The van der Waals surface area contributed by atoms with Gasteiger partial charge < -0.3 is 4.74 Å². The summed E-state index contributed by atoms with van der Waals surface area (Å²) < 4.78 is 9.35. The molecule has 1 heterocycles. The zero-order chi connectivity index (χ0) is 10.7. The van der Waals surface area contributed by atoms with E-state index < -0.39 is 0 Å². The highest BCUT2D eigenvalue weighted by molar-refractivity contribution is 9.10. The molecule has 0 saturated carbocycles. The summed E-state index contributed by atoms with van der Waals surface area (Å²) in [4.78, 5) is 10.1. The van der Waals surface area contributed by atoms with E-state index in [1.54, 1.807) is 0 Å². The predicted octanol–water partition coefficient (Wildman–Crippen LogP) is 4.14. The third-order valence-electron chi connectivity index (χ3n) is 2.03. The number of hydrogen-bond acceptors (Lipinski definition) is 4. The fraction of sp³-hybridized carbons (Fsp3) is 0.222. The second kappa shape index (κ2) is 6.64. The van der Waals surface area contributed by atoms with Crippen LogP contribution in [0, 0.1) is 4.91 Å². The highest BCUT2D eigenvalue weighted by Crippen LogP contribution is 2.34. The number of hydrogen-bond donors (Lipinski definition) is 0. The minimum atomic E-state index is 0. The lowest BCUT2D eigenvalue weighted by Crippen LogP contribution is -2.14. The van der Waals surface area contributed by atoms with Crippen LogP contribution in [0.3, 0.4) is 0 Å². The zero-order valence-electron chi connectivity index (χ0n) is 8.14. The van der Waals surface area contributed by atoms with E-state index in [9.17, 15) is 4.91 Å². The molecular formula is C9H9BrNO2PS2. The van der Waals surface area contributed by atoms with E-state index in [2.05, 4.69) is 20.5 Å². The molecule has 0 atom stereocenters. The molecule has 0 amide bonds. The van der Waals surface area contributed by atoms with Crippen LogP contribution in [0.1, 0.15) is 12.0 Å². The van der Waals surface area contributed by atoms with Gasteiger partial charge in [-0.2, -0.15) is 13.5 Å². The molecule has 1 aromatic carbocycles. The van der Waals surface area contributed by atoms with Gasteiger partial charge in [0, 0.05) is 26.3 Å². The minimum Gasteiger partial charge on any atom is -0.493 e. The molecule has 2 rings (SSSR count). The van der Waals surface area contributed by atoms with E-state index in [1.165, 1.54) is 5.29 Å². The molecule has 0 radical (unpaired) electrons. The minimum absolute atomic E-state index is 0. The van der Waals surface area contributed by atoms with Gasteiger partial charge in [-0.15, -0.1) is 4.91 Å². The molecule has 1 aromatic rings.